The highest BCUT2D eigenvalue weighted by Crippen LogP contribution is 2.45. The van der Waals surface area contributed by atoms with Crippen LogP contribution in [-0.2, 0) is 65.4 Å². The van der Waals surface area contributed by atoms with E-state index in [0.717, 1.165) is 6.42 Å². The summed E-state index contributed by atoms with van der Waals surface area (Å²) in [5.41, 5.74) is 0. The number of carbonyl (C=O) groups excluding carboxylic acids is 4. The van der Waals surface area contributed by atoms with E-state index in [1.54, 1.807) is 6.92 Å². The maximum Gasteiger partial charge on any atom is 0.472 e. The lowest BCUT2D eigenvalue weighted by molar-refractivity contribution is -0.161. The molecule has 17 nitrogen and oxygen atoms in total. The Morgan fingerprint density at radius 2 is 1.02 bits per heavy atom. The molecule has 252 valence electrons. The Morgan fingerprint density at radius 3 is 1.47 bits per heavy atom. The third-order valence-electron chi connectivity index (χ3n) is 4.93. The predicted octanol–water partition coefficient (Wildman–Crippen LogP) is 2.33. The molecule has 2 unspecified atom stereocenters. The van der Waals surface area contributed by atoms with Crippen molar-refractivity contribution in [2.75, 3.05) is 39.6 Å². The lowest BCUT2D eigenvalue weighted by Crippen LogP contribution is -2.30. The van der Waals surface area contributed by atoms with E-state index in [1.165, 1.54) is 13.8 Å². The molecule has 5 atom stereocenters. The number of esters is 4. The van der Waals surface area contributed by atoms with Gasteiger partial charge < -0.3 is 33.8 Å². The fraction of sp³-hybridized carbons (Fsp3) is 0.833. The molecule has 0 amide bonds. The van der Waals surface area contributed by atoms with Crippen molar-refractivity contribution in [1.29, 1.82) is 0 Å². The Bertz CT molecular complexity index is 943. The van der Waals surface area contributed by atoms with Crippen LogP contribution in [0, 0.1) is 0 Å². The number of phosphoric acid groups is 2. The molecule has 0 aliphatic carbocycles. The van der Waals surface area contributed by atoms with Gasteiger partial charge in [0, 0.05) is 25.7 Å². The summed E-state index contributed by atoms with van der Waals surface area (Å²) in [6.07, 6.45) is -2.16. The molecular weight excluding hydrogens is 622 g/mol. The monoisotopic (exact) mass is 666 g/mol. The van der Waals surface area contributed by atoms with E-state index in [-0.39, 0.29) is 25.7 Å². The van der Waals surface area contributed by atoms with Crippen molar-refractivity contribution in [2.24, 2.45) is 0 Å². The molecule has 0 rings (SSSR count). The number of rotatable bonds is 25. The molecule has 0 aromatic heterocycles. The summed E-state index contributed by atoms with van der Waals surface area (Å²) in [7, 11) is -9.69. The molecule has 3 N–H and O–H groups in total. The number of aliphatic hydroxyl groups excluding tert-OH is 1. The van der Waals surface area contributed by atoms with Crippen molar-refractivity contribution in [3.8, 4) is 0 Å². The van der Waals surface area contributed by atoms with Gasteiger partial charge in [-0.15, -0.1) is 0 Å². The zero-order valence-corrected chi connectivity index (χ0v) is 26.7. The van der Waals surface area contributed by atoms with Gasteiger partial charge in [-0.3, -0.25) is 37.3 Å². The molecule has 0 saturated carbocycles. The van der Waals surface area contributed by atoms with Crippen LogP contribution in [0.15, 0.2) is 0 Å². The van der Waals surface area contributed by atoms with Crippen molar-refractivity contribution >= 4 is 39.5 Å². The van der Waals surface area contributed by atoms with Crippen LogP contribution in [0.1, 0.15) is 72.6 Å². The van der Waals surface area contributed by atoms with Crippen LogP contribution < -0.4 is 0 Å². The van der Waals surface area contributed by atoms with Crippen LogP contribution in [0.4, 0.5) is 0 Å². The minimum absolute atomic E-state index is 0.0205. The average molecular weight is 667 g/mol. The maximum atomic E-state index is 12.2. The molecule has 0 aliphatic heterocycles. The standard InChI is InChI=1S/C24H44O17P2/c1-5-9-11-24(29)41-20(15-35-23(28)10-6-2)17-39-43(32,33)37-13-18(25)12-36-42(30,31)38-16-19(40-22(27)8-4)14-34-21(26)7-3/h18-20,25H,5-17H2,1-4H3,(H,30,31)(H,32,33)/t18-,19+,20+/m0/s1. The molecule has 0 saturated heterocycles. The Kier molecular flexibility index (Phi) is 21.5. The molecule has 0 spiro atoms. The van der Waals surface area contributed by atoms with Gasteiger partial charge in [0.15, 0.2) is 12.2 Å². The summed E-state index contributed by atoms with van der Waals surface area (Å²) in [4.78, 5) is 66.3. The van der Waals surface area contributed by atoms with Crippen molar-refractivity contribution in [3.63, 3.8) is 0 Å². The lowest BCUT2D eigenvalue weighted by Gasteiger charge is -2.21. The van der Waals surface area contributed by atoms with Crippen molar-refractivity contribution < 1.29 is 80.2 Å². The van der Waals surface area contributed by atoms with Crippen molar-refractivity contribution in [1.82, 2.24) is 0 Å². The topological polar surface area (TPSA) is 237 Å². The highest BCUT2D eigenvalue weighted by atomic mass is 31.2. The van der Waals surface area contributed by atoms with Crippen LogP contribution in [-0.4, -0.2) is 96.7 Å². The van der Waals surface area contributed by atoms with Gasteiger partial charge >= 0.3 is 39.5 Å². The summed E-state index contributed by atoms with van der Waals surface area (Å²) in [5, 5.41) is 9.97. The smallest absolute Gasteiger partial charge is 0.462 e. The van der Waals surface area contributed by atoms with Gasteiger partial charge in [0.1, 0.15) is 19.3 Å². The third kappa shape index (κ3) is 22.3. The number of hydrogen-bond acceptors (Lipinski definition) is 15. The largest absolute Gasteiger partial charge is 0.472 e. The molecule has 0 aromatic rings. The number of carbonyl (C=O) groups is 4. The third-order valence-corrected chi connectivity index (χ3v) is 6.83. The predicted molar refractivity (Wildman–Crippen MR) is 146 cm³/mol. The van der Waals surface area contributed by atoms with Crippen LogP contribution >= 0.6 is 15.6 Å². The van der Waals surface area contributed by atoms with Gasteiger partial charge in [0.2, 0.25) is 0 Å². The Labute approximate surface area is 250 Å². The zero-order valence-electron chi connectivity index (χ0n) is 24.9. The second-order valence-corrected chi connectivity index (χ2v) is 11.8. The van der Waals surface area contributed by atoms with Gasteiger partial charge in [0.05, 0.1) is 26.4 Å². The average Bonchev–Trinajstić information content (AvgIpc) is 2.96. The van der Waals surface area contributed by atoms with Gasteiger partial charge in [-0.25, -0.2) is 9.13 Å². The van der Waals surface area contributed by atoms with E-state index in [9.17, 15) is 43.2 Å². The number of unbranched alkanes of at least 4 members (excludes halogenated alkanes) is 1. The second-order valence-electron chi connectivity index (χ2n) is 8.92. The minimum Gasteiger partial charge on any atom is -0.462 e. The summed E-state index contributed by atoms with van der Waals surface area (Å²) in [6, 6.07) is 0. The first-order chi connectivity index (χ1) is 20.2. The summed E-state index contributed by atoms with van der Waals surface area (Å²) >= 11 is 0. The van der Waals surface area contributed by atoms with Gasteiger partial charge in [-0.05, 0) is 12.8 Å². The minimum atomic E-state index is -4.85. The van der Waals surface area contributed by atoms with E-state index >= 15 is 0 Å². The van der Waals surface area contributed by atoms with Crippen molar-refractivity contribution in [2.45, 2.75) is 91.0 Å². The summed E-state index contributed by atoms with van der Waals surface area (Å²) in [6.45, 7) is 2.61. The Balaban J connectivity index is 4.82. The SMILES string of the molecule is CCCCC(=O)O[C@H](COC(=O)CCC)COP(=O)(O)OC[C@@H](O)COP(=O)(O)OC[C@@H](COC(=O)CC)OC(=O)CC. The van der Waals surface area contributed by atoms with E-state index < -0.39 is 97.5 Å². The maximum absolute atomic E-state index is 12.2. The van der Waals surface area contributed by atoms with Crippen LogP contribution in [0.2, 0.25) is 0 Å². The Hall–Kier alpha value is -1.94. The molecular formula is C24H44O17P2. The molecule has 0 heterocycles. The quantitative estimate of drug-likeness (QED) is 0.0720. The van der Waals surface area contributed by atoms with E-state index in [4.69, 9.17) is 28.0 Å². The van der Waals surface area contributed by atoms with E-state index in [0.29, 0.717) is 12.8 Å². The van der Waals surface area contributed by atoms with Gasteiger partial charge in [0.25, 0.3) is 0 Å². The molecule has 0 aromatic carbocycles. The normalized spacial score (nSPS) is 16.2. The summed E-state index contributed by atoms with van der Waals surface area (Å²) < 4.78 is 63.2. The first-order valence-corrected chi connectivity index (χ1v) is 16.8. The first kappa shape index (κ1) is 41.1. The summed E-state index contributed by atoms with van der Waals surface area (Å²) in [5.74, 6) is -2.48. The zero-order chi connectivity index (χ0) is 32.9. The highest BCUT2D eigenvalue weighted by Gasteiger charge is 2.30. The van der Waals surface area contributed by atoms with Gasteiger partial charge in [-0.1, -0.05) is 34.1 Å². The molecule has 19 heteroatoms. The number of ether oxygens (including phenoxy) is 4. The van der Waals surface area contributed by atoms with Crippen LogP contribution in [0.5, 0.6) is 0 Å². The molecule has 0 radical (unpaired) electrons. The number of hydrogen-bond donors (Lipinski definition) is 3. The molecule has 0 bridgehead atoms. The molecule has 0 aliphatic rings. The fourth-order valence-corrected chi connectivity index (χ4v) is 4.23. The van der Waals surface area contributed by atoms with E-state index in [1.807, 2.05) is 6.92 Å². The number of aliphatic hydroxyl groups is 1. The first-order valence-electron chi connectivity index (χ1n) is 13.8. The van der Waals surface area contributed by atoms with E-state index in [2.05, 4.69) is 9.05 Å². The van der Waals surface area contributed by atoms with Crippen molar-refractivity contribution in [3.05, 3.63) is 0 Å². The van der Waals surface area contributed by atoms with Crippen LogP contribution in [0.25, 0.3) is 0 Å². The van der Waals surface area contributed by atoms with Crippen LogP contribution in [0.3, 0.4) is 0 Å². The van der Waals surface area contributed by atoms with Gasteiger partial charge in [-0.2, -0.15) is 0 Å². The Morgan fingerprint density at radius 1 is 0.581 bits per heavy atom. The molecule has 0 fully saturated rings. The fourth-order valence-electron chi connectivity index (χ4n) is 2.66. The second kappa shape index (κ2) is 22.6. The lowest BCUT2D eigenvalue weighted by atomic mass is 10.2. The molecule has 43 heavy (non-hydrogen) atoms. The number of phosphoric ester groups is 2. The highest BCUT2D eigenvalue weighted by molar-refractivity contribution is 7.47.